The molecule has 0 aliphatic heterocycles. The van der Waals surface area contributed by atoms with E-state index in [0.29, 0.717) is 0 Å². The number of hydrazone groups is 1. The lowest BCUT2D eigenvalue weighted by Gasteiger charge is -2.01. The van der Waals surface area contributed by atoms with Gasteiger partial charge in [-0.2, -0.15) is 5.10 Å². The van der Waals surface area contributed by atoms with Gasteiger partial charge in [-0.05, 0) is 18.1 Å². The Morgan fingerprint density at radius 1 is 1.71 bits per heavy atom. The van der Waals surface area contributed by atoms with Gasteiger partial charge in [0.25, 0.3) is 0 Å². The Morgan fingerprint density at radius 2 is 2.50 bits per heavy atom. The first-order valence-electron chi connectivity index (χ1n) is 4.30. The van der Waals surface area contributed by atoms with Crippen molar-refractivity contribution in [1.82, 2.24) is 4.98 Å². The molecule has 0 radical (unpaired) electrons. The van der Waals surface area contributed by atoms with Crippen LogP contribution in [0.25, 0.3) is 4.91 Å². The molecule has 0 atom stereocenters. The fourth-order valence-corrected chi connectivity index (χ4v) is 1.38. The summed E-state index contributed by atoms with van der Waals surface area (Å²) in [5, 5.41) is 3.38. The van der Waals surface area contributed by atoms with Crippen molar-refractivity contribution in [3.05, 3.63) is 36.2 Å². The number of aryl methyl sites for hydroxylation is 1. The Morgan fingerprint density at radius 3 is 3.00 bits per heavy atom. The van der Waals surface area contributed by atoms with Crippen LogP contribution in [0.15, 0.2) is 30.0 Å². The van der Waals surface area contributed by atoms with Crippen LogP contribution >= 0.6 is 11.8 Å². The Hall–Kier alpha value is -1.29. The molecule has 0 aliphatic carbocycles. The summed E-state index contributed by atoms with van der Waals surface area (Å²) < 4.78 is 0. The maximum absolute atomic E-state index is 4.99. The minimum Gasteiger partial charge on any atom is -0.323 e. The Bertz CT molecular complexity index is 330. The molecule has 1 aromatic heterocycles. The minimum absolute atomic E-state index is 0.849. The standard InChI is InChI=1S/C10H13N3S/c1-3-9-4-5-10(12-6-9)8(2)14-7-13-11/h4-7H,2-3,11H2,1H3/b13-7-. The van der Waals surface area contributed by atoms with E-state index in [1.165, 1.54) is 22.9 Å². The third kappa shape index (κ3) is 2.88. The van der Waals surface area contributed by atoms with E-state index in [4.69, 9.17) is 5.84 Å². The van der Waals surface area contributed by atoms with Crippen molar-refractivity contribution in [2.24, 2.45) is 10.9 Å². The topological polar surface area (TPSA) is 51.3 Å². The van der Waals surface area contributed by atoms with Crippen molar-refractivity contribution < 1.29 is 0 Å². The molecule has 0 bridgehead atoms. The highest BCUT2D eigenvalue weighted by Gasteiger charge is 1.99. The van der Waals surface area contributed by atoms with Crippen molar-refractivity contribution in [1.29, 1.82) is 0 Å². The molecule has 4 heteroatoms. The molecule has 0 saturated carbocycles. The molecule has 2 N–H and O–H groups in total. The molecular formula is C10H13N3S. The quantitative estimate of drug-likeness (QED) is 0.356. The van der Waals surface area contributed by atoms with Crippen LogP contribution in [-0.4, -0.2) is 10.5 Å². The van der Waals surface area contributed by atoms with E-state index in [0.717, 1.165) is 17.0 Å². The van der Waals surface area contributed by atoms with Gasteiger partial charge in [-0.3, -0.25) is 4.98 Å². The number of pyridine rings is 1. The van der Waals surface area contributed by atoms with Crippen LogP contribution in [0, 0.1) is 0 Å². The van der Waals surface area contributed by atoms with Gasteiger partial charge in [0.15, 0.2) is 0 Å². The predicted octanol–water partition coefficient (Wildman–Crippen LogP) is 2.25. The maximum Gasteiger partial charge on any atom is 0.0843 e. The average molecular weight is 207 g/mol. The zero-order valence-corrected chi connectivity index (χ0v) is 8.92. The highest BCUT2D eigenvalue weighted by atomic mass is 32.2. The fraction of sp³-hybridized carbons (Fsp3) is 0.200. The maximum atomic E-state index is 4.99. The van der Waals surface area contributed by atoms with Crippen LogP contribution in [-0.2, 0) is 6.42 Å². The highest BCUT2D eigenvalue weighted by molar-refractivity contribution is 8.20. The number of hydrogen-bond acceptors (Lipinski definition) is 4. The highest BCUT2D eigenvalue weighted by Crippen LogP contribution is 2.21. The van der Waals surface area contributed by atoms with Gasteiger partial charge in [0.2, 0.25) is 0 Å². The van der Waals surface area contributed by atoms with Crippen molar-refractivity contribution in [2.75, 3.05) is 0 Å². The Kier molecular flexibility index (Phi) is 4.19. The van der Waals surface area contributed by atoms with Crippen molar-refractivity contribution in [3.8, 4) is 0 Å². The summed E-state index contributed by atoms with van der Waals surface area (Å²) in [5.41, 5.74) is 3.63. The van der Waals surface area contributed by atoms with Gasteiger partial charge < -0.3 is 5.84 Å². The van der Waals surface area contributed by atoms with Crippen LogP contribution in [0.5, 0.6) is 0 Å². The summed E-state index contributed by atoms with van der Waals surface area (Å²) in [7, 11) is 0. The molecule has 0 aromatic carbocycles. The van der Waals surface area contributed by atoms with Crippen molar-refractivity contribution in [3.63, 3.8) is 0 Å². The molecular weight excluding hydrogens is 194 g/mol. The summed E-state index contributed by atoms with van der Waals surface area (Å²) in [6.07, 6.45) is 2.86. The lowest BCUT2D eigenvalue weighted by atomic mass is 10.2. The molecule has 1 rings (SSSR count). The second kappa shape index (κ2) is 5.44. The van der Waals surface area contributed by atoms with Crippen LogP contribution in [0.3, 0.4) is 0 Å². The molecule has 0 saturated heterocycles. The first-order chi connectivity index (χ1) is 6.77. The molecule has 0 unspecified atom stereocenters. The molecule has 1 aromatic rings. The predicted molar refractivity (Wildman–Crippen MR) is 62.9 cm³/mol. The Labute approximate surface area is 88.1 Å². The van der Waals surface area contributed by atoms with Crippen LogP contribution < -0.4 is 5.84 Å². The normalized spacial score (nSPS) is 10.6. The lowest BCUT2D eigenvalue weighted by molar-refractivity contribution is 1.10. The molecule has 0 spiro atoms. The van der Waals surface area contributed by atoms with Gasteiger partial charge >= 0.3 is 0 Å². The summed E-state index contributed by atoms with van der Waals surface area (Å²) in [6, 6.07) is 4.01. The number of hydrogen-bond donors (Lipinski definition) is 1. The zero-order chi connectivity index (χ0) is 10.4. The minimum atomic E-state index is 0.849. The average Bonchev–Trinajstić information content (AvgIpc) is 2.26. The SMILES string of the molecule is C=C(S/C=N\N)c1ccc(CC)cn1. The van der Waals surface area contributed by atoms with Crippen LogP contribution in [0.2, 0.25) is 0 Å². The van der Waals surface area contributed by atoms with Gasteiger partial charge in [0.1, 0.15) is 0 Å². The number of aromatic nitrogens is 1. The number of thioether (sulfide) groups is 1. The summed E-state index contributed by atoms with van der Waals surface area (Å²) in [4.78, 5) is 5.13. The summed E-state index contributed by atoms with van der Waals surface area (Å²) in [6.45, 7) is 5.97. The van der Waals surface area contributed by atoms with Gasteiger partial charge in [0, 0.05) is 11.1 Å². The third-order valence-electron chi connectivity index (χ3n) is 1.77. The number of nitrogens with two attached hydrogens (primary N) is 1. The van der Waals surface area contributed by atoms with Crippen molar-refractivity contribution in [2.45, 2.75) is 13.3 Å². The van der Waals surface area contributed by atoms with E-state index >= 15 is 0 Å². The molecule has 0 aliphatic rings. The summed E-state index contributed by atoms with van der Waals surface area (Å²) >= 11 is 1.37. The molecule has 0 fully saturated rings. The second-order valence-electron chi connectivity index (χ2n) is 2.70. The fourth-order valence-electron chi connectivity index (χ4n) is 0.953. The van der Waals surface area contributed by atoms with E-state index in [1.54, 1.807) is 0 Å². The second-order valence-corrected chi connectivity index (χ2v) is 3.64. The van der Waals surface area contributed by atoms with E-state index < -0.39 is 0 Å². The molecule has 14 heavy (non-hydrogen) atoms. The number of nitrogens with zero attached hydrogens (tertiary/aromatic N) is 2. The van der Waals surface area contributed by atoms with Gasteiger partial charge in [-0.15, -0.1) is 0 Å². The van der Waals surface area contributed by atoms with Crippen LogP contribution in [0.4, 0.5) is 0 Å². The Balaban J connectivity index is 2.71. The van der Waals surface area contributed by atoms with E-state index in [1.807, 2.05) is 18.3 Å². The molecule has 1 heterocycles. The van der Waals surface area contributed by atoms with E-state index in [-0.39, 0.29) is 0 Å². The van der Waals surface area contributed by atoms with Gasteiger partial charge in [0.05, 0.1) is 11.2 Å². The smallest absolute Gasteiger partial charge is 0.0843 e. The van der Waals surface area contributed by atoms with Crippen LogP contribution in [0.1, 0.15) is 18.2 Å². The van der Waals surface area contributed by atoms with E-state index in [2.05, 4.69) is 23.6 Å². The molecule has 0 amide bonds. The lowest BCUT2D eigenvalue weighted by Crippen LogP contribution is -1.88. The van der Waals surface area contributed by atoms with Gasteiger partial charge in [-0.1, -0.05) is 31.3 Å². The third-order valence-corrected chi connectivity index (χ3v) is 2.50. The molecule has 3 nitrogen and oxygen atoms in total. The summed E-state index contributed by atoms with van der Waals surface area (Å²) in [5.74, 6) is 4.99. The van der Waals surface area contributed by atoms with E-state index in [9.17, 15) is 0 Å². The largest absolute Gasteiger partial charge is 0.323 e. The zero-order valence-electron chi connectivity index (χ0n) is 8.10. The first-order valence-corrected chi connectivity index (χ1v) is 5.18. The first kappa shape index (κ1) is 10.8. The number of rotatable bonds is 4. The molecule has 74 valence electrons. The van der Waals surface area contributed by atoms with Gasteiger partial charge in [-0.25, -0.2) is 0 Å². The monoisotopic (exact) mass is 207 g/mol. The van der Waals surface area contributed by atoms with Crippen molar-refractivity contribution >= 4 is 22.2 Å².